The first kappa shape index (κ1) is 14.9. The molecule has 1 aromatic rings. The fourth-order valence-electron chi connectivity index (χ4n) is 2.13. The Bertz CT molecular complexity index is 469. The van der Waals surface area contributed by atoms with Gasteiger partial charge in [-0.05, 0) is 63.1 Å². The molecular weight excluding hydrogens is 254 g/mol. The van der Waals surface area contributed by atoms with Crippen LogP contribution in [0.2, 0.25) is 0 Å². The van der Waals surface area contributed by atoms with Crippen LogP contribution in [-0.4, -0.2) is 23.4 Å². The van der Waals surface area contributed by atoms with E-state index in [-0.39, 0.29) is 12.0 Å². The fourth-order valence-corrected chi connectivity index (χ4v) is 2.13. The van der Waals surface area contributed by atoms with Crippen molar-refractivity contribution in [1.29, 1.82) is 0 Å². The van der Waals surface area contributed by atoms with Crippen molar-refractivity contribution < 1.29 is 14.6 Å². The molecule has 0 bridgehead atoms. The molecule has 20 heavy (non-hydrogen) atoms. The van der Waals surface area contributed by atoms with E-state index < -0.39 is 11.7 Å². The molecule has 0 aliphatic heterocycles. The number of hydrogen-bond acceptors (Lipinski definition) is 3. The van der Waals surface area contributed by atoms with Crippen molar-refractivity contribution in [2.45, 2.75) is 45.6 Å². The predicted octanol–water partition coefficient (Wildman–Crippen LogP) is 3.35. The van der Waals surface area contributed by atoms with Crippen LogP contribution in [0.5, 0.6) is 0 Å². The van der Waals surface area contributed by atoms with Gasteiger partial charge < -0.3 is 9.84 Å². The molecule has 0 aromatic heterocycles. The van der Waals surface area contributed by atoms with E-state index in [1.807, 2.05) is 45.0 Å². The molecule has 1 amide bonds. The van der Waals surface area contributed by atoms with Gasteiger partial charge in [-0.1, -0.05) is 12.1 Å². The number of carbonyl (C=O) groups excluding carboxylic acids is 1. The van der Waals surface area contributed by atoms with Crippen LogP contribution in [0, 0.1) is 5.41 Å². The van der Waals surface area contributed by atoms with E-state index in [2.05, 4.69) is 5.32 Å². The van der Waals surface area contributed by atoms with E-state index in [0.29, 0.717) is 0 Å². The number of rotatable bonds is 4. The molecule has 1 aromatic carbocycles. The van der Waals surface area contributed by atoms with Crippen molar-refractivity contribution in [3.63, 3.8) is 0 Å². The van der Waals surface area contributed by atoms with E-state index in [9.17, 15) is 9.90 Å². The van der Waals surface area contributed by atoms with Crippen molar-refractivity contribution >= 4 is 11.8 Å². The summed E-state index contributed by atoms with van der Waals surface area (Å²) < 4.78 is 5.20. The van der Waals surface area contributed by atoms with Gasteiger partial charge in [0.05, 0.1) is 0 Å². The van der Waals surface area contributed by atoms with Crippen LogP contribution in [0.15, 0.2) is 24.3 Å². The minimum atomic E-state index is -0.497. The van der Waals surface area contributed by atoms with Crippen LogP contribution >= 0.6 is 0 Å². The molecule has 0 radical (unpaired) electrons. The zero-order valence-corrected chi connectivity index (χ0v) is 12.4. The molecule has 2 N–H and O–H groups in total. The Morgan fingerprint density at radius 1 is 1.30 bits per heavy atom. The lowest BCUT2D eigenvalue weighted by Crippen LogP contribution is -2.27. The molecule has 0 unspecified atom stereocenters. The predicted molar refractivity (Wildman–Crippen MR) is 78.8 cm³/mol. The van der Waals surface area contributed by atoms with Gasteiger partial charge in [-0.25, -0.2) is 4.79 Å². The van der Waals surface area contributed by atoms with E-state index in [4.69, 9.17) is 4.74 Å². The van der Waals surface area contributed by atoms with Crippen LogP contribution < -0.4 is 5.32 Å². The Labute approximate surface area is 120 Å². The number of ether oxygens (including phenoxy) is 1. The first-order valence-corrected chi connectivity index (χ1v) is 7.02. The van der Waals surface area contributed by atoms with E-state index in [1.165, 1.54) is 5.56 Å². The van der Waals surface area contributed by atoms with Gasteiger partial charge in [0.2, 0.25) is 0 Å². The van der Waals surface area contributed by atoms with E-state index in [1.54, 1.807) is 0 Å². The van der Waals surface area contributed by atoms with Crippen molar-refractivity contribution in [3.8, 4) is 0 Å². The zero-order chi connectivity index (χ0) is 14.8. The Kier molecular flexibility index (Phi) is 4.04. The second-order valence-corrected chi connectivity index (χ2v) is 6.66. The number of benzene rings is 1. The first-order valence-electron chi connectivity index (χ1n) is 7.02. The normalized spacial score (nSPS) is 16.6. The number of anilines is 1. The molecule has 2 rings (SSSR count). The van der Waals surface area contributed by atoms with Crippen LogP contribution in [-0.2, 0) is 11.2 Å². The molecule has 0 saturated heterocycles. The maximum absolute atomic E-state index is 11.6. The van der Waals surface area contributed by atoms with Gasteiger partial charge in [-0.3, -0.25) is 5.32 Å². The maximum atomic E-state index is 11.6. The number of aliphatic hydroxyl groups is 1. The lowest BCUT2D eigenvalue weighted by Gasteiger charge is -2.19. The second-order valence-electron chi connectivity index (χ2n) is 6.66. The maximum Gasteiger partial charge on any atom is 0.412 e. The summed E-state index contributed by atoms with van der Waals surface area (Å²) in [4.78, 5) is 11.6. The second kappa shape index (κ2) is 5.44. The molecule has 0 spiro atoms. The summed E-state index contributed by atoms with van der Waals surface area (Å²) in [7, 11) is 0. The Morgan fingerprint density at radius 2 is 1.90 bits per heavy atom. The molecule has 0 heterocycles. The van der Waals surface area contributed by atoms with Crippen LogP contribution in [0.25, 0.3) is 0 Å². The summed E-state index contributed by atoms with van der Waals surface area (Å²) in [5, 5.41) is 12.0. The molecular formula is C16H23NO3. The van der Waals surface area contributed by atoms with Crippen molar-refractivity contribution in [1.82, 2.24) is 0 Å². The molecule has 110 valence electrons. The third kappa shape index (κ3) is 4.23. The first-order chi connectivity index (χ1) is 9.32. The number of aliphatic hydroxyl groups excluding tert-OH is 1. The highest BCUT2D eigenvalue weighted by Gasteiger charge is 2.41. The molecule has 0 atom stereocenters. The van der Waals surface area contributed by atoms with Gasteiger partial charge in [0.15, 0.2) is 0 Å². The molecule has 4 nitrogen and oxygen atoms in total. The van der Waals surface area contributed by atoms with E-state index in [0.717, 1.165) is 24.9 Å². The highest BCUT2D eigenvalue weighted by atomic mass is 16.6. The van der Waals surface area contributed by atoms with Crippen molar-refractivity contribution in [2.75, 3.05) is 11.9 Å². The zero-order valence-electron chi connectivity index (χ0n) is 12.4. The average Bonchev–Trinajstić information content (AvgIpc) is 3.10. The Balaban J connectivity index is 1.90. The molecule has 1 aliphatic rings. The SMILES string of the molecule is CC(C)(C)OC(=O)Nc1ccc(CC2(CO)CC2)cc1. The van der Waals surface area contributed by atoms with Gasteiger partial charge in [-0.2, -0.15) is 0 Å². The topological polar surface area (TPSA) is 58.6 Å². The summed E-state index contributed by atoms with van der Waals surface area (Å²) >= 11 is 0. The van der Waals surface area contributed by atoms with Gasteiger partial charge in [0.25, 0.3) is 0 Å². The van der Waals surface area contributed by atoms with Crippen molar-refractivity contribution in [2.24, 2.45) is 5.41 Å². The van der Waals surface area contributed by atoms with Gasteiger partial charge in [-0.15, -0.1) is 0 Å². The van der Waals surface area contributed by atoms with Gasteiger partial charge in [0.1, 0.15) is 5.60 Å². The number of hydrogen-bond donors (Lipinski definition) is 2. The largest absolute Gasteiger partial charge is 0.444 e. The standard InChI is InChI=1S/C16H23NO3/c1-15(2,3)20-14(19)17-13-6-4-12(5-7-13)10-16(11-18)8-9-16/h4-7,18H,8-11H2,1-3H3,(H,17,19). The summed E-state index contributed by atoms with van der Waals surface area (Å²) in [6.07, 6.45) is 2.65. The lowest BCUT2D eigenvalue weighted by atomic mass is 9.97. The van der Waals surface area contributed by atoms with Crippen LogP contribution in [0.4, 0.5) is 10.5 Å². The summed E-state index contributed by atoms with van der Waals surface area (Å²) in [6, 6.07) is 7.71. The average molecular weight is 277 g/mol. The Hall–Kier alpha value is -1.55. The minimum absolute atomic E-state index is 0.111. The summed E-state index contributed by atoms with van der Waals surface area (Å²) in [5.41, 5.74) is 1.52. The monoisotopic (exact) mass is 277 g/mol. The van der Waals surface area contributed by atoms with Crippen LogP contribution in [0.1, 0.15) is 39.2 Å². The smallest absolute Gasteiger partial charge is 0.412 e. The highest BCUT2D eigenvalue weighted by Crippen LogP contribution is 2.47. The van der Waals surface area contributed by atoms with Crippen LogP contribution in [0.3, 0.4) is 0 Å². The highest BCUT2D eigenvalue weighted by molar-refractivity contribution is 5.84. The lowest BCUT2D eigenvalue weighted by molar-refractivity contribution is 0.0636. The van der Waals surface area contributed by atoms with Crippen molar-refractivity contribution in [3.05, 3.63) is 29.8 Å². The third-order valence-corrected chi connectivity index (χ3v) is 3.47. The quantitative estimate of drug-likeness (QED) is 0.887. The Morgan fingerprint density at radius 3 is 2.35 bits per heavy atom. The van der Waals surface area contributed by atoms with Gasteiger partial charge in [0, 0.05) is 12.3 Å². The summed E-state index contributed by atoms with van der Waals surface area (Å²) in [6.45, 7) is 5.75. The molecule has 1 fully saturated rings. The third-order valence-electron chi connectivity index (χ3n) is 3.47. The number of nitrogens with one attached hydrogen (secondary N) is 1. The fraction of sp³-hybridized carbons (Fsp3) is 0.562. The molecule has 1 saturated carbocycles. The number of amides is 1. The molecule has 4 heteroatoms. The summed E-state index contributed by atoms with van der Waals surface area (Å²) in [5.74, 6) is 0. The minimum Gasteiger partial charge on any atom is -0.444 e. The number of carbonyl (C=O) groups is 1. The molecule has 1 aliphatic carbocycles. The van der Waals surface area contributed by atoms with Gasteiger partial charge >= 0.3 is 6.09 Å². The van der Waals surface area contributed by atoms with E-state index >= 15 is 0 Å².